The highest BCUT2D eigenvalue weighted by Crippen LogP contribution is 2.35. The molecule has 2 heterocycles. The number of rotatable bonds is 13. The van der Waals surface area contributed by atoms with Gasteiger partial charge in [0.1, 0.15) is 31.0 Å². The number of hydroxylamine groups is 2. The van der Waals surface area contributed by atoms with Gasteiger partial charge in [0.15, 0.2) is 17.2 Å². The summed E-state index contributed by atoms with van der Waals surface area (Å²) in [5.41, 5.74) is -0.961. The topological polar surface area (TPSA) is 150 Å². The zero-order valence-electron chi connectivity index (χ0n) is 27.4. The van der Waals surface area contributed by atoms with Gasteiger partial charge < -0.3 is 24.3 Å². The van der Waals surface area contributed by atoms with Crippen molar-refractivity contribution in [2.24, 2.45) is 0 Å². The highest BCUT2D eigenvalue weighted by atomic mass is 19.1. The molecule has 0 bridgehead atoms. The average molecular weight is 670 g/mol. The Morgan fingerprint density at radius 1 is 1.10 bits per heavy atom. The normalized spacial score (nSPS) is 19.3. The van der Waals surface area contributed by atoms with E-state index < -0.39 is 41.2 Å². The maximum atomic E-state index is 15.3. The molecule has 0 aliphatic carbocycles. The van der Waals surface area contributed by atoms with Crippen molar-refractivity contribution in [1.82, 2.24) is 10.4 Å². The van der Waals surface area contributed by atoms with Gasteiger partial charge in [0.05, 0.1) is 43.8 Å². The SMILES string of the molecule is CC(=O)NC[C@H]1CN(c2ccc(OCC3(OC(=O)CCC(=O)OCc4ccccc4)CCN(OC(C)(C)C)C(=C=O)C3)c(F)c2)C(=O)O1. The molecular weight excluding hydrogens is 629 g/mol. The third kappa shape index (κ3) is 10.3. The first-order valence-electron chi connectivity index (χ1n) is 15.5. The van der Waals surface area contributed by atoms with Crippen LogP contribution in [-0.4, -0.2) is 78.5 Å². The number of nitrogens with zero attached hydrogens (tertiary/aromatic N) is 2. The molecule has 2 aromatic rings. The number of amides is 2. The van der Waals surface area contributed by atoms with E-state index in [1.807, 2.05) is 57.0 Å². The van der Waals surface area contributed by atoms with Gasteiger partial charge in [0.2, 0.25) is 5.91 Å². The number of halogens is 1. The molecule has 48 heavy (non-hydrogen) atoms. The lowest BCUT2D eigenvalue weighted by atomic mass is 9.90. The lowest BCUT2D eigenvalue weighted by molar-refractivity contribution is -0.231. The molecular formula is C34H40FN3O10. The summed E-state index contributed by atoms with van der Waals surface area (Å²) < 4.78 is 37.5. The van der Waals surface area contributed by atoms with Crippen molar-refractivity contribution < 1.29 is 52.1 Å². The number of benzene rings is 2. The van der Waals surface area contributed by atoms with E-state index in [0.717, 1.165) is 11.6 Å². The van der Waals surface area contributed by atoms with Crippen LogP contribution in [0.15, 0.2) is 54.2 Å². The second-order valence-corrected chi connectivity index (χ2v) is 12.5. The number of esters is 2. The second kappa shape index (κ2) is 15.8. The van der Waals surface area contributed by atoms with Gasteiger partial charge in [-0.15, -0.1) is 0 Å². The van der Waals surface area contributed by atoms with Gasteiger partial charge in [0, 0.05) is 25.8 Å². The van der Waals surface area contributed by atoms with Crippen LogP contribution in [0.2, 0.25) is 0 Å². The first-order valence-corrected chi connectivity index (χ1v) is 15.5. The van der Waals surface area contributed by atoms with E-state index in [1.54, 1.807) is 0 Å². The fraction of sp³-hybridized carbons (Fsp3) is 0.471. The van der Waals surface area contributed by atoms with Gasteiger partial charge in [0.25, 0.3) is 0 Å². The number of nitrogens with one attached hydrogen (secondary N) is 1. The Morgan fingerprint density at radius 2 is 1.83 bits per heavy atom. The standard InChI is InChI=1S/C34H40FN3O10/c1-23(40)36-18-27-19-37(32(43)46-27)25-10-11-29(28(35)16-25)45-22-34(14-15-38(26(17-34)20-39)48-33(2,3)4)47-31(42)13-12-30(41)44-21-24-8-6-5-7-9-24/h5-11,16,27H,12-15,17-19,21-22H2,1-4H3,(H,36,40)/t27-,34?/m0/s1. The van der Waals surface area contributed by atoms with Crippen LogP contribution in [0.5, 0.6) is 5.75 Å². The molecule has 4 rings (SSSR count). The molecule has 0 aromatic heterocycles. The summed E-state index contributed by atoms with van der Waals surface area (Å²) in [5, 5.41) is 3.97. The summed E-state index contributed by atoms with van der Waals surface area (Å²) in [4.78, 5) is 68.0. The predicted octanol–water partition coefficient (Wildman–Crippen LogP) is 4.01. The molecule has 13 nitrogen and oxygen atoms in total. The average Bonchev–Trinajstić information content (AvgIpc) is 3.42. The van der Waals surface area contributed by atoms with Crippen molar-refractivity contribution in [3.63, 3.8) is 0 Å². The van der Waals surface area contributed by atoms with E-state index in [-0.39, 0.29) is 81.6 Å². The Kier molecular flexibility index (Phi) is 11.8. The van der Waals surface area contributed by atoms with E-state index in [2.05, 4.69) is 5.32 Å². The zero-order chi connectivity index (χ0) is 34.9. The predicted molar refractivity (Wildman–Crippen MR) is 168 cm³/mol. The van der Waals surface area contributed by atoms with E-state index in [1.165, 1.54) is 29.0 Å². The third-order valence-corrected chi connectivity index (χ3v) is 7.34. The van der Waals surface area contributed by atoms with Crippen LogP contribution in [-0.2, 0) is 44.8 Å². The zero-order valence-corrected chi connectivity index (χ0v) is 27.4. The number of anilines is 1. The van der Waals surface area contributed by atoms with Crippen LogP contribution in [0.1, 0.15) is 58.9 Å². The first kappa shape index (κ1) is 35.9. The van der Waals surface area contributed by atoms with Crippen LogP contribution < -0.4 is 15.0 Å². The van der Waals surface area contributed by atoms with E-state index in [4.69, 9.17) is 23.8 Å². The number of ether oxygens (including phenoxy) is 4. The van der Waals surface area contributed by atoms with Crippen LogP contribution in [0.25, 0.3) is 0 Å². The minimum atomic E-state index is -1.42. The number of carbonyl (C=O) groups is 4. The van der Waals surface area contributed by atoms with E-state index >= 15 is 4.39 Å². The molecule has 2 saturated heterocycles. The van der Waals surface area contributed by atoms with E-state index in [9.17, 15) is 24.0 Å². The van der Waals surface area contributed by atoms with Crippen molar-refractivity contribution in [1.29, 1.82) is 0 Å². The largest absolute Gasteiger partial charge is 0.486 e. The van der Waals surface area contributed by atoms with Crippen LogP contribution in [0.4, 0.5) is 14.9 Å². The maximum Gasteiger partial charge on any atom is 0.414 e. The summed E-state index contributed by atoms with van der Waals surface area (Å²) in [7, 11) is 0. The second-order valence-electron chi connectivity index (χ2n) is 12.5. The Balaban J connectivity index is 1.43. The lowest BCUT2D eigenvalue weighted by Gasteiger charge is -2.42. The molecule has 2 aromatic carbocycles. The van der Waals surface area contributed by atoms with Crippen molar-refractivity contribution in [2.45, 2.75) is 77.3 Å². The summed E-state index contributed by atoms with van der Waals surface area (Å²) in [6.07, 6.45) is -1.83. The fourth-order valence-electron chi connectivity index (χ4n) is 5.07. The molecule has 2 aliphatic rings. The minimum absolute atomic E-state index is 0.0601. The molecule has 2 aliphatic heterocycles. The van der Waals surface area contributed by atoms with Crippen molar-refractivity contribution in [3.8, 4) is 5.75 Å². The van der Waals surface area contributed by atoms with Gasteiger partial charge in [-0.25, -0.2) is 19.0 Å². The molecule has 2 amide bonds. The van der Waals surface area contributed by atoms with Gasteiger partial charge in [-0.05, 0) is 38.5 Å². The molecule has 0 spiro atoms. The number of piperidine rings is 1. The summed E-state index contributed by atoms with van der Waals surface area (Å²) in [6, 6.07) is 13.0. The van der Waals surface area contributed by atoms with Crippen LogP contribution in [0.3, 0.4) is 0 Å². The summed E-state index contributed by atoms with van der Waals surface area (Å²) >= 11 is 0. The highest BCUT2D eigenvalue weighted by Gasteiger charge is 2.44. The molecule has 1 N–H and O–H groups in total. The summed E-state index contributed by atoms with van der Waals surface area (Å²) in [6.45, 7) is 6.86. The van der Waals surface area contributed by atoms with Crippen molar-refractivity contribution in [2.75, 3.05) is 31.1 Å². The van der Waals surface area contributed by atoms with Crippen LogP contribution in [0, 0.1) is 5.82 Å². The van der Waals surface area contributed by atoms with Gasteiger partial charge in [-0.3, -0.25) is 24.1 Å². The van der Waals surface area contributed by atoms with Crippen molar-refractivity contribution >= 4 is 35.6 Å². The molecule has 0 saturated carbocycles. The quantitative estimate of drug-likeness (QED) is 0.187. The Hall–Kier alpha value is -4.94. The number of carbonyl (C=O) groups excluding carboxylic acids is 5. The Labute approximate surface area is 277 Å². The maximum absolute atomic E-state index is 15.3. The fourth-order valence-corrected chi connectivity index (χ4v) is 5.07. The Bertz CT molecular complexity index is 1540. The minimum Gasteiger partial charge on any atom is -0.486 e. The number of hydrogen-bond donors (Lipinski definition) is 1. The van der Waals surface area contributed by atoms with Gasteiger partial charge >= 0.3 is 18.0 Å². The smallest absolute Gasteiger partial charge is 0.414 e. The van der Waals surface area contributed by atoms with Gasteiger partial charge in [-0.1, -0.05) is 30.3 Å². The lowest BCUT2D eigenvalue weighted by Crippen LogP contribution is -2.51. The summed E-state index contributed by atoms with van der Waals surface area (Å²) in [5.74, 6) is -0.725. The molecule has 0 radical (unpaired) electrons. The molecule has 1 unspecified atom stereocenters. The van der Waals surface area contributed by atoms with Gasteiger partial charge in [-0.2, -0.15) is 0 Å². The molecule has 258 valence electrons. The third-order valence-electron chi connectivity index (χ3n) is 7.34. The number of cyclic esters (lactones) is 1. The molecule has 2 atom stereocenters. The van der Waals surface area contributed by atoms with Crippen molar-refractivity contribution in [3.05, 3.63) is 65.6 Å². The first-order chi connectivity index (χ1) is 22.8. The molecule has 2 fully saturated rings. The number of hydrogen-bond acceptors (Lipinski definition) is 11. The monoisotopic (exact) mass is 669 g/mol. The highest BCUT2D eigenvalue weighted by molar-refractivity contribution is 5.90. The Morgan fingerprint density at radius 3 is 2.50 bits per heavy atom. The molecule has 14 heteroatoms. The van der Waals surface area contributed by atoms with Crippen LogP contribution >= 0.6 is 0 Å². The van der Waals surface area contributed by atoms with E-state index in [0.29, 0.717) is 0 Å².